The van der Waals surface area contributed by atoms with E-state index in [-0.39, 0.29) is 5.91 Å². The van der Waals surface area contributed by atoms with Crippen LogP contribution in [0.25, 0.3) is 0 Å². The van der Waals surface area contributed by atoms with Gasteiger partial charge in [0.2, 0.25) is 5.91 Å². The van der Waals surface area contributed by atoms with Gasteiger partial charge in [0.1, 0.15) is 12.4 Å². The van der Waals surface area contributed by atoms with Crippen LogP contribution < -0.4 is 10.1 Å². The Morgan fingerprint density at radius 3 is 2.55 bits per heavy atom. The summed E-state index contributed by atoms with van der Waals surface area (Å²) in [5.74, 6) is 0.871. The molecule has 1 saturated heterocycles. The first-order valence-electron chi connectivity index (χ1n) is 11.6. The van der Waals surface area contributed by atoms with Crippen molar-refractivity contribution in [2.45, 2.75) is 63.3 Å². The minimum atomic E-state index is -0.543. The monoisotopic (exact) mass is 440 g/mol. The van der Waals surface area contributed by atoms with Crippen molar-refractivity contribution >= 4 is 23.2 Å². The van der Waals surface area contributed by atoms with E-state index in [4.69, 9.17) is 16.3 Å². The Hall–Kier alpha value is -2.04. The van der Waals surface area contributed by atoms with Crippen molar-refractivity contribution in [2.24, 2.45) is 0 Å². The maximum Gasteiger partial charge on any atom is 0.235 e. The summed E-state index contributed by atoms with van der Waals surface area (Å²) in [6, 6.07) is 16.1. The van der Waals surface area contributed by atoms with Crippen LogP contribution in [0.15, 0.2) is 48.5 Å². The van der Waals surface area contributed by atoms with Gasteiger partial charge >= 0.3 is 0 Å². The lowest BCUT2D eigenvalue weighted by atomic mass is 9.78. The van der Waals surface area contributed by atoms with Crippen LogP contribution in [-0.2, 0) is 10.2 Å². The second kappa shape index (κ2) is 10.1. The number of amides is 1. The first-order chi connectivity index (χ1) is 15.1. The lowest BCUT2D eigenvalue weighted by molar-refractivity contribution is -0.121. The second-order valence-electron chi connectivity index (χ2n) is 8.98. The van der Waals surface area contributed by atoms with Gasteiger partial charge in [0, 0.05) is 23.3 Å². The number of rotatable bonds is 7. The van der Waals surface area contributed by atoms with E-state index < -0.39 is 5.41 Å². The van der Waals surface area contributed by atoms with E-state index in [2.05, 4.69) is 17.1 Å². The Bertz CT molecular complexity index is 877. The molecule has 1 atom stereocenters. The average Bonchev–Trinajstić information content (AvgIpc) is 3.28. The van der Waals surface area contributed by atoms with Gasteiger partial charge in [-0.2, -0.15) is 0 Å². The third-order valence-corrected chi connectivity index (χ3v) is 7.31. The van der Waals surface area contributed by atoms with Gasteiger partial charge in [0.25, 0.3) is 0 Å². The fraction of sp³-hybridized carbons (Fsp3) is 0.500. The van der Waals surface area contributed by atoms with Gasteiger partial charge in [-0.05, 0) is 75.0 Å². The number of anilines is 1. The third kappa shape index (κ3) is 5.07. The molecule has 0 radical (unpaired) electrons. The highest BCUT2D eigenvalue weighted by Gasteiger charge is 2.43. The van der Waals surface area contributed by atoms with E-state index in [1.807, 2.05) is 48.5 Å². The Morgan fingerprint density at radius 2 is 1.84 bits per heavy atom. The number of nitrogens with one attached hydrogen (secondary N) is 1. The highest BCUT2D eigenvalue weighted by atomic mass is 35.5. The normalized spacial score (nSPS) is 21.0. The van der Waals surface area contributed by atoms with Gasteiger partial charge in [-0.1, -0.05) is 49.1 Å². The third-order valence-electron chi connectivity index (χ3n) is 6.98. The topological polar surface area (TPSA) is 41.6 Å². The summed E-state index contributed by atoms with van der Waals surface area (Å²) in [4.78, 5) is 15.9. The maximum absolute atomic E-state index is 13.3. The molecular formula is C26H33ClN2O2. The molecule has 4 nitrogen and oxygen atoms in total. The molecule has 2 aromatic carbocycles. The van der Waals surface area contributed by atoms with Gasteiger partial charge in [0.15, 0.2) is 0 Å². The standard InChI is InChI=1S/C26H33ClN2O2/c1-20-8-4-7-17-29(20)18-19-31-22-13-11-21(12-14-22)28-25(30)26(15-5-6-16-26)23-9-2-3-10-24(23)27/h2-3,9-14,20H,4-8,15-19H2,1H3,(H,28,30)/t20-/m1/s1. The Balaban J connectivity index is 1.36. The average molecular weight is 441 g/mol. The molecule has 0 unspecified atom stereocenters. The van der Waals surface area contributed by atoms with E-state index in [0.29, 0.717) is 17.7 Å². The second-order valence-corrected chi connectivity index (χ2v) is 9.38. The quantitative estimate of drug-likeness (QED) is 0.570. The van der Waals surface area contributed by atoms with Crippen LogP contribution in [0, 0.1) is 0 Å². The summed E-state index contributed by atoms with van der Waals surface area (Å²) in [7, 11) is 0. The first kappa shape index (κ1) is 22.2. The Morgan fingerprint density at radius 1 is 1.10 bits per heavy atom. The number of carbonyl (C=O) groups is 1. The van der Waals surface area contributed by atoms with Crippen LogP contribution in [-0.4, -0.2) is 36.5 Å². The molecule has 2 aliphatic rings. The van der Waals surface area contributed by atoms with E-state index >= 15 is 0 Å². The molecule has 1 aliphatic carbocycles. The molecule has 1 aliphatic heterocycles. The predicted molar refractivity (Wildman–Crippen MR) is 127 cm³/mol. The summed E-state index contributed by atoms with van der Waals surface area (Å²) in [6.07, 6.45) is 7.65. The summed E-state index contributed by atoms with van der Waals surface area (Å²) in [5, 5.41) is 3.80. The van der Waals surface area contributed by atoms with Crippen molar-refractivity contribution in [1.82, 2.24) is 4.90 Å². The van der Waals surface area contributed by atoms with Crippen molar-refractivity contribution < 1.29 is 9.53 Å². The molecule has 0 bridgehead atoms. The molecule has 4 rings (SSSR count). The number of benzene rings is 2. The van der Waals surface area contributed by atoms with Gasteiger partial charge in [-0.15, -0.1) is 0 Å². The lowest BCUT2D eigenvalue weighted by Gasteiger charge is -2.33. The van der Waals surface area contributed by atoms with Crippen LogP contribution in [0.1, 0.15) is 57.4 Å². The van der Waals surface area contributed by atoms with Crippen molar-refractivity contribution in [3.05, 3.63) is 59.1 Å². The number of likely N-dealkylation sites (tertiary alicyclic amines) is 1. The van der Waals surface area contributed by atoms with E-state index in [1.54, 1.807) is 0 Å². The largest absolute Gasteiger partial charge is 0.492 e. The summed E-state index contributed by atoms with van der Waals surface area (Å²) in [6.45, 7) is 5.12. The predicted octanol–water partition coefficient (Wildman–Crippen LogP) is 6.04. The lowest BCUT2D eigenvalue weighted by Crippen LogP contribution is -2.39. The fourth-order valence-corrected chi connectivity index (χ4v) is 5.42. The minimum Gasteiger partial charge on any atom is -0.492 e. The van der Waals surface area contributed by atoms with Gasteiger partial charge < -0.3 is 10.1 Å². The molecule has 0 aromatic heterocycles. The zero-order valence-corrected chi connectivity index (χ0v) is 19.2. The van der Waals surface area contributed by atoms with E-state index in [0.717, 1.165) is 49.2 Å². The molecule has 2 fully saturated rings. The summed E-state index contributed by atoms with van der Waals surface area (Å²) < 4.78 is 5.95. The number of carbonyl (C=O) groups excluding carboxylic acids is 1. The van der Waals surface area contributed by atoms with Crippen molar-refractivity contribution in [2.75, 3.05) is 25.0 Å². The molecule has 0 spiro atoms. The first-order valence-corrected chi connectivity index (χ1v) is 12.0. The maximum atomic E-state index is 13.3. The van der Waals surface area contributed by atoms with Gasteiger partial charge in [0.05, 0.1) is 5.41 Å². The van der Waals surface area contributed by atoms with Crippen LogP contribution in [0.3, 0.4) is 0 Å². The molecule has 1 N–H and O–H groups in total. The Kier molecular flexibility index (Phi) is 7.19. The highest BCUT2D eigenvalue weighted by Crippen LogP contribution is 2.44. The SMILES string of the molecule is C[C@@H]1CCCCN1CCOc1ccc(NC(=O)C2(c3ccccc3Cl)CCCC2)cc1. The van der Waals surface area contributed by atoms with Gasteiger partial charge in [-0.25, -0.2) is 0 Å². The molecule has 1 heterocycles. The minimum absolute atomic E-state index is 0.0332. The van der Waals surface area contributed by atoms with Gasteiger partial charge in [-0.3, -0.25) is 9.69 Å². The smallest absolute Gasteiger partial charge is 0.235 e. The van der Waals surface area contributed by atoms with Crippen molar-refractivity contribution in [1.29, 1.82) is 0 Å². The molecular weight excluding hydrogens is 408 g/mol. The number of hydrogen-bond donors (Lipinski definition) is 1. The molecule has 5 heteroatoms. The van der Waals surface area contributed by atoms with E-state index in [1.165, 1.54) is 25.8 Å². The summed E-state index contributed by atoms with van der Waals surface area (Å²) in [5.41, 5.74) is 1.19. The number of piperidine rings is 1. The zero-order valence-electron chi connectivity index (χ0n) is 18.4. The molecule has 31 heavy (non-hydrogen) atoms. The van der Waals surface area contributed by atoms with Crippen LogP contribution >= 0.6 is 11.6 Å². The molecule has 2 aromatic rings. The van der Waals surface area contributed by atoms with Crippen LogP contribution in [0.2, 0.25) is 5.02 Å². The number of hydrogen-bond acceptors (Lipinski definition) is 3. The van der Waals surface area contributed by atoms with Crippen molar-refractivity contribution in [3.8, 4) is 5.75 Å². The highest BCUT2D eigenvalue weighted by molar-refractivity contribution is 6.31. The molecule has 1 saturated carbocycles. The van der Waals surface area contributed by atoms with E-state index in [9.17, 15) is 4.79 Å². The zero-order chi connectivity index (χ0) is 21.7. The van der Waals surface area contributed by atoms with Crippen molar-refractivity contribution in [3.63, 3.8) is 0 Å². The molecule has 1 amide bonds. The van der Waals surface area contributed by atoms with Crippen LogP contribution in [0.5, 0.6) is 5.75 Å². The molecule has 166 valence electrons. The number of nitrogens with zero attached hydrogens (tertiary/aromatic N) is 1. The fourth-order valence-electron chi connectivity index (χ4n) is 5.10. The summed E-state index contributed by atoms with van der Waals surface area (Å²) >= 11 is 6.48. The number of ether oxygens (including phenoxy) is 1. The number of halogens is 1. The van der Waals surface area contributed by atoms with Crippen LogP contribution in [0.4, 0.5) is 5.69 Å². The Labute approximate surface area is 190 Å².